The van der Waals surface area contributed by atoms with Gasteiger partial charge in [0.05, 0.1) is 35.2 Å². The Hall–Kier alpha value is -5.56. The summed E-state index contributed by atoms with van der Waals surface area (Å²) in [4.78, 5) is 37.0. The number of benzene rings is 2. The van der Waals surface area contributed by atoms with Crippen LogP contribution in [0.4, 0.5) is 0 Å². The number of rotatable bonds is 4. The van der Waals surface area contributed by atoms with Crippen molar-refractivity contribution in [3.63, 3.8) is 0 Å². The summed E-state index contributed by atoms with van der Waals surface area (Å²) in [5.74, 6) is 5.27. The van der Waals surface area contributed by atoms with Crippen molar-refractivity contribution in [3.05, 3.63) is 118 Å². The van der Waals surface area contributed by atoms with E-state index >= 15 is 0 Å². The molecule has 6 aromatic rings. The molecule has 0 radical (unpaired) electrons. The third kappa shape index (κ3) is 4.39. The summed E-state index contributed by atoms with van der Waals surface area (Å²) < 4.78 is 45.8. The molecule has 0 saturated carbocycles. The zero-order valence-electron chi connectivity index (χ0n) is 26.6. The van der Waals surface area contributed by atoms with Crippen molar-refractivity contribution in [2.45, 2.75) is 19.9 Å². The summed E-state index contributed by atoms with van der Waals surface area (Å²) in [6.45, 7) is 3.25. The number of hydrogen-bond donors (Lipinski definition) is 1. The molecule has 2 aromatic carbocycles. The third-order valence-corrected chi connectivity index (χ3v) is 6.21. The first-order valence-electron chi connectivity index (χ1n) is 14.7. The van der Waals surface area contributed by atoms with Crippen molar-refractivity contribution in [1.82, 2.24) is 39.2 Å². The number of aryl methyl sites for hydroxylation is 2. The van der Waals surface area contributed by atoms with Crippen molar-refractivity contribution in [1.29, 1.82) is 0 Å². The molecular formula is C30H24N8O2. The predicted molar refractivity (Wildman–Crippen MR) is 150 cm³/mol. The lowest BCUT2D eigenvalue weighted by Gasteiger charge is -2.20. The molecule has 196 valence electrons. The monoisotopic (exact) mass is 533 g/mol. The highest BCUT2D eigenvalue weighted by atomic mass is 16.2. The molecule has 1 amide bonds. The molecule has 10 heteroatoms. The Kier molecular flexibility index (Phi) is 4.86. The van der Waals surface area contributed by atoms with E-state index in [9.17, 15) is 9.59 Å². The topological polar surface area (TPSA) is 112 Å². The Balaban J connectivity index is 1.58. The largest absolute Gasteiger partial charge is 0.342 e. The Morgan fingerprint density at radius 2 is 1.90 bits per heavy atom. The van der Waals surface area contributed by atoms with E-state index in [0.29, 0.717) is 22.6 Å². The minimum Gasteiger partial charge on any atom is -0.342 e. The minimum absolute atomic E-state index is 0.0590. The lowest BCUT2D eigenvalue weighted by molar-refractivity contribution is 0.0938. The quantitative estimate of drug-likeness (QED) is 0.348. The zero-order valence-corrected chi connectivity index (χ0v) is 21.6. The fraction of sp³-hybridized carbons (Fsp3) is 0.133. The number of nitrogens with one attached hydrogen (secondary N) is 1. The Morgan fingerprint density at radius 1 is 1.07 bits per heavy atom. The van der Waals surface area contributed by atoms with E-state index in [2.05, 4.69) is 32.3 Å². The molecule has 4 heterocycles. The smallest absolute Gasteiger partial charge is 0.267 e. The molecule has 0 aliphatic rings. The number of hydrogen-bond acceptors (Lipinski definition) is 6. The van der Waals surface area contributed by atoms with E-state index < -0.39 is 53.4 Å². The van der Waals surface area contributed by atoms with Gasteiger partial charge in [-0.2, -0.15) is 10.2 Å². The van der Waals surface area contributed by atoms with Crippen molar-refractivity contribution >= 4 is 22.5 Å². The number of fused-ring (bicyclic) bond motifs is 2. The molecular weight excluding hydrogens is 504 g/mol. The van der Waals surface area contributed by atoms with Crippen LogP contribution in [-0.4, -0.2) is 39.8 Å². The lowest BCUT2D eigenvalue weighted by Crippen LogP contribution is -2.33. The van der Waals surface area contributed by atoms with Gasteiger partial charge in [-0.15, -0.1) is 0 Å². The van der Waals surface area contributed by atoms with Crippen LogP contribution >= 0.6 is 0 Å². The Bertz CT molecular complexity index is 2290. The predicted octanol–water partition coefficient (Wildman–Crippen LogP) is 3.36. The molecule has 1 atom stereocenters. The van der Waals surface area contributed by atoms with Crippen LogP contribution in [0.1, 0.15) is 53.0 Å². The van der Waals surface area contributed by atoms with E-state index in [-0.39, 0.29) is 22.3 Å². The van der Waals surface area contributed by atoms with Gasteiger partial charge in [-0.1, -0.05) is 30.1 Å². The Morgan fingerprint density at radius 3 is 2.67 bits per heavy atom. The molecule has 0 spiro atoms. The van der Waals surface area contributed by atoms with Crippen molar-refractivity contribution in [2.75, 3.05) is 0 Å². The maximum Gasteiger partial charge on any atom is 0.267 e. The summed E-state index contributed by atoms with van der Waals surface area (Å²) in [6.07, 6.45) is 4.92. The zero-order chi connectivity index (χ0) is 32.2. The second-order valence-electron chi connectivity index (χ2n) is 8.95. The molecule has 4 aromatic heterocycles. The van der Waals surface area contributed by atoms with Crippen LogP contribution in [0.25, 0.3) is 22.2 Å². The summed E-state index contributed by atoms with van der Waals surface area (Å²) in [5.41, 5.74) is 0.835. The molecule has 0 aliphatic carbocycles. The molecule has 1 unspecified atom stereocenters. The molecule has 6 rings (SSSR count). The van der Waals surface area contributed by atoms with Gasteiger partial charge >= 0.3 is 0 Å². The van der Waals surface area contributed by atoms with Gasteiger partial charge in [0.1, 0.15) is 17.1 Å². The van der Waals surface area contributed by atoms with Crippen LogP contribution in [0.2, 0.25) is 0 Å². The summed E-state index contributed by atoms with van der Waals surface area (Å²) in [5, 5.41) is 11.5. The lowest BCUT2D eigenvalue weighted by atomic mass is 10.1. The first-order chi connectivity index (χ1) is 21.5. The molecule has 0 saturated heterocycles. The van der Waals surface area contributed by atoms with Crippen LogP contribution in [0.15, 0.2) is 83.9 Å². The average molecular weight is 534 g/mol. The normalized spacial score (nSPS) is 13.5. The van der Waals surface area contributed by atoms with E-state index in [1.54, 1.807) is 68.3 Å². The highest BCUT2D eigenvalue weighted by molar-refractivity contribution is 6.01. The fourth-order valence-corrected chi connectivity index (χ4v) is 4.42. The highest BCUT2D eigenvalue weighted by Crippen LogP contribution is 2.21. The number of aromatic nitrogens is 7. The number of carbonyl (C=O) groups excluding carboxylic acids is 1. The maximum atomic E-state index is 14.4. The van der Waals surface area contributed by atoms with Crippen molar-refractivity contribution in [2.24, 2.45) is 7.05 Å². The summed E-state index contributed by atoms with van der Waals surface area (Å²) in [7, 11) is 1.75. The molecule has 1 N–H and O–H groups in total. The first kappa shape index (κ1) is 19.5. The van der Waals surface area contributed by atoms with Gasteiger partial charge in [-0.3, -0.25) is 18.8 Å². The number of nitrogens with zero attached hydrogens (tertiary/aromatic N) is 7. The van der Waals surface area contributed by atoms with Crippen molar-refractivity contribution in [3.8, 4) is 17.5 Å². The van der Waals surface area contributed by atoms with Gasteiger partial charge in [0.2, 0.25) is 0 Å². The molecule has 0 aliphatic heterocycles. The highest BCUT2D eigenvalue weighted by Gasteiger charge is 2.24. The standard InChI is InChI=1S/C30H24N8O2/c1-19-25(28-31-16-8-17-37(28)34-19)29(39)32-20(2)27-33-24-12-7-9-21(13-14-22-15-18-36(3)35-22)26(24)30(40)38(27)23-10-5-4-6-11-23/h4-12,15-18,20H,1-3H3,(H,32,39)/i4D,5D,6D,10D,11D. The summed E-state index contributed by atoms with van der Waals surface area (Å²) >= 11 is 0. The average Bonchev–Trinajstić information content (AvgIpc) is 3.60. The molecule has 0 fully saturated rings. The van der Waals surface area contributed by atoms with Crippen molar-refractivity contribution < 1.29 is 11.6 Å². The van der Waals surface area contributed by atoms with Crippen LogP contribution in [0, 0.1) is 18.8 Å². The third-order valence-electron chi connectivity index (χ3n) is 6.21. The number of carbonyl (C=O) groups is 1. The van der Waals surface area contributed by atoms with Crippen LogP contribution in [-0.2, 0) is 7.05 Å². The van der Waals surface area contributed by atoms with Crippen LogP contribution in [0.3, 0.4) is 0 Å². The van der Waals surface area contributed by atoms with Gasteiger partial charge < -0.3 is 5.32 Å². The molecule has 10 nitrogen and oxygen atoms in total. The minimum atomic E-state index is -0.992. The van der Waals surface area contributed by atoms with E-state index in [1.807, 2.05) is 0 Å². The van der Waals surface area contributed by atoms with E-state index in [4.69, 9.17) is 11.8 Å². The van der Waals surface area contributed by atoms with Gasteiger partial charge in [0, 0.05) is 31.2 Å². The SMILES string of the molecule is [2H]c1c([2H])c([2H])c(-n2c(C(C)NC(=O)c3c(C)nn4cccnc34)nc3cccc(C#Cc4ccn(C)n4)c3c2=O)c([2H])c1[2H]. The molecule has 0 bridgehead atoms. The number of amides is 1. The number of para-hydroxylation sites is 1. The first-order valence-corrected chi connectivity index (χ1v) is 12.2. The van der Waals surface area contributed by atoms with Gasteiger partial charge in [0.25, 0.3) is 11.5 Å². The van der Waals surface area contributed by atoms with Gasteiger partial charge in [0.15, 0.2) is 5.65 Å². The second kappa shape index (κ2) is 9.96. The van der Waals surface area contributed by atoms with Crippen LogP contribution in [0.5, 0.6) is 0 Å². The van der Waals surface area contributed by atoms with E-state index in [1.165, 1.54) is 10.7 Å². The second-order valence-corrected chi connectivity index (χ2v) is 8.95. The van der Waals surface area contributed by atoms with E-state index in [0.717, 1.165) is 4.57 Å². The van der Waals surface area contributed by atoms with Gasteiger partial charge in [-0.05, 0) is 56.1 Å². The van der Waals surface area contributed by atoms with Crippen LogP contribution < -0.4 is 10.9 Å². The van der Waals surface area contributed by atoms with Gasteiger partial charge in [-0.25, -0.2) is 14.5 Å². The maximum absolute atomic E-state index is 14.4. The molecule has 40 heavy (non-hydrogen) atoms. The summed E-state index contributed by atoms with van der Waals surface area (Å²) in [6, 6.07) is 4.21. The Labute approximate surface area is 236 Å². The fourth-order valence-electron chi connectivity index (χ4n) is 4.42.